The van der Waals surface area contributed by atoms with Gasteiger partial charge in [0.25, 0.3) is 0 Å². The van der Waals surface area contributed by atoms with E-state index in [1.807, 2.05) is 0 Å². The molecule has 0 aliphatic rings. The Morgan fingerprint density at radius 3 is 2.56 bits per heavy atom. The zero-order chi connectivity index (χ0) is 12.0. The minimum Gasteiger partial charge on any atom is -0.465 e. The topological polar surface area (TPSA) is 95.4 Å². The van der Waals surface area contributed by atoms with Crippen molar-refractivity contribution in [3.8, 4) is 0 Å². The van der Waals surface area contributed by atoms with Crippen molar-refractivity contribution >= 4 is 17.6 Å². The first-order valence-corrected chi connectivity index (χ1v) is 4.87. The molecule has 1 rings (SSSR count). The Morgan fingerprint density at radius 1 is 1.25 bits per heavy atom. The molecule has 0 spiro atoms. The summed E-state index contributed by atoms with van der Waals surface area (Å²) in [7, 11) is 0. The molecule has 1 aromatic rings. The maximum Gasteiger partial charge on any atom is 0.310 e. The number of primary amides is 1. The van der Waals surface area contributed by atoms with Gasteiger partial charge < -0.3 is 16.2 Å². The predicted molar refractivity (Wildman–Crippen MR) is 59.3 cm³/mol. The fourth-order valence-electron chi connectivity index (χ4n) is 1.17. The Balaban J connectivity index is 2.40. The van der Waals surface area contributed by atoms with Gasteiger partial charge in [-0.25, -0.2) is 0 Å². The Morgan fingerprint density at radius 2 is 1.94 bits per heavy atom. The molecule has 86 valence electrons. The molecule has 1 amide bonds. The number of benzene rings is 1. The first-order chi connectivity index (χ1) is 7.59. The Labute approximate surface area is 93.4 Å². The molecule has 0 radical (unpaired) electrons. The highest BCUT2D eigenvalue weighted by molar-refractivity contribution is 5.76. The van der Waals surface area contributed by atoms with Crippen LogP contribution in [0.4, 0.5) is 5.69 Å². The molecule has 0 saturated heterocycles. The van der Waals surface area contributed by atoms with Gasteiger partial charge in [0.2, 0.25) is 5.91 Å². The largest absolute Gasteiger partial charge is 0.465 e. The van der Waals surface area contributed by atoms with Crippen LogP contribution in [0.1, 0.15) is 12.0 Å². The van der Waals surface area contributed by atoms with Crippen LogP contribution < -0.4 is 11.5 Å². The summed E-state index contributed by atoms with van der Waals surface area (Å²) >= 11 is 0. The molecule has 5 heteroatoms. The number of ether oxygens (including phenoxy) is 1. The maximum absolute atomic E-state index is 11.3. The fourth-order valence-corrected chi connectivity index (χ4v) is 1.17. The van der Waals surface area contributed by atoms with Crippen molar-refractivity contribution < 1.29 is 14.3 Å². The van der Waals surface area contributed by atoms with Crippen LogP contribution in [0.15, 0.2) is 24.3 Å². The van der Waals surface area contributed by atoms with Crippen molar-refractivity contribution in [2.45, 2.75) is 12.8 Å². The summed E-state index contributed by atoms with van der Waals surface area (Å²) in [5.74, 6) is -0.911. The summed E-state index contributed by atoms with van der Waals surface area (Å²) < 4.78 is 4.82. The van der Waals surface area contributed by atoms with Crippen molar-refractivity contribution in [3.05, 3.63) is 29.8 Å². The zero-order valence-corrected chi connectivity index (χ0v) is 8.81. The van der Waals surface area contributed by atoms with Crippen LogP contribution in [-0.4, -0.2) is 18.5 Å². The van der Waals surface area contributed by atoms with E-state index >= 15 is 0 Å². The lowest BCUT2D eigenvalue weighted by Crippen LogP contribution is -2.16. The Bertz CT molecular complexity index is 391. The summed E-state index contributed by atoms with van der Waals surface area (Å²) in [6, 6.07) is 7.05. The number of esters is 1. The number of carbonyl (C=O) groups is 2. The second-order valence-electron chi connectivity index (χ2n) is 3.31. The number of carbonyl (C=O) groups excluding carboxylic acids is 2. The second kappa shape index (κ2) is 5.75. The molecular formula is C11H14N2O3. The number of hydrogen-bond donors (Lipinski definition) is 2. The molecule has 0 aliphatic heterocycles. The van der Waals surface area contributed by atoms with Crippen LogP contribution in [-0.2, 0) is 20.7 Å². The number of amides is 1. The van der Waals surface area contributed by atoms with Crippen LogP contribution >= 0.6 is 0 Å². The second-order valence-corrected chi connectivity index (χ2v) is 3.31. The lowest BCUT2D eigenvalue weighted by molar-refractivity contribution is -0.143. The highest BCUT2D eigenvalue weighted by atomic mass is 16.5. The quantitative estimate of drug-likeness (QED) is 0.550. The monoisotopic (exact) mass is 222 g/mol. The zero-order valence-electron chi connectivity index (χ0n) is 8.81. The maximum atomic E-state index is 11.3. The summed E-state index contributed by atoms with van der Waals surface area (Å²) in [6.07, 6.45) is 0.140. The third-order valence-electron chi connectivity index (χ3n) is 2.00. The van der Waals surface area contributed by atoms with Crippen LogP contribution in [0.5, 0.6) is 0 Å². The average Bonchev–Trinajstić information content (AvgIpc) is 2.21. The van der Waals surface area contributed by atoms with Crippen LogP contribution in [0.25, 0.3) is 0 Å². The number of hydrogen-bond acceptors (Lipinski definition) is 4. The van der Waals surface area contributed by atoms with Crippen molar-refractivity contribution in [1.29, 1.82) is 0 Å². The predicted octanol–water partition coefficient (Wildman–Crippen LogP) is 0.230. The molecule has 0 fully saturated rings. The molecule has 1 aromatic carbocycles. The van der Waals surface area contributed by atoms with Gasteiger partial charge in [-0.15, -0.1) is 0 Å². The lowest BCUT2D eigenvalue weighted by Gasteiger charge is -2.05. The van der Waals surface area contributed by atoms with Crippen LogP contribution in [0, 0.1) is 0 Å². The van der Waals surface area contributed by atoms with E-state index < -0.39 is 11.9 Å². The molecule has 0 aromatic heterocycles. The van der Waals surface area contributed by atoms with Gasteiger partial charge in [-0.1, -0.05) is 18.2 Å². The molecule has 0 aliphatic carbocycles. The molecule has 16 heavy (non-hydrogen) atoms. The summed E-state index contributed by atoms with van der Waals surface area (Å²) in [5.41, 5.74) is 11.8. The third-order valence-corrected chi connectivity index (χ3v) is 2.00. The summed E-state index contributed by atoms with van der Waals surface area (Å²) in [6.45, 7) is 0.0148. The smallest absolute Gasteiger partial charge is 0.310 e. The van der Waals surface area contributed by atoms with Crippen LogP contribution in [0.3, 0.4) is 0 Å². The number of para-hydroxylation sites is 1. The first-order valence-electron chi connectivity index (χ1n) is 4.87. The molecule has 4 N–H and O–H groups in total. The van der Waals surface area contributed by atoms with Gasteiger partial charge in [0.05, 0.1) is 12.8 Å². The normalized spacial score (nSPS) is 9.75. The first kappa shape index (κ1) is 12.0. The summed E-state index contributed by atoms with van der Waals surface area (Å²) in [5, 5.41) is 0. The van der Waals surface area contributed by atoms with Gasteiger partial charge >= 0.3 is 5.97 Å². The van der Waals surface area contributed by atoms with Gasteiger partial charge in [0, 0.05) is 5.69 Å². The lowest BCUT2D eigenvalue weighted by atomic mass is 10.1. The molecule has 0 atom stereocenters. The average molecular weight is 222 g/mol. The van der Waals surface area contributed by atoms with E-state index in [1.54, 1.807) is 24.3 Å². The molecule has 0 unspecified atom stereocenters. The minimum atomic E-state index is -0.493. The van der Waals surface area contributed by atoms with Crippen molar-refractivity contribution in [2.24, 2.45) is 5.73 Å². The standard InChI is InChI=1S/C11H14N2O3/c12-9-4-2-1-3-8(9)7-11(15)16-6-5-10(13)14/h1-4H,5-7,12H2,(H2,13,14). The van der Waals surface area contributed by atoms with E-state index in [-0.39, 0.29) is 19.4 Å². The number of anilines is 1. The van der Waals surface area contributed by atoms with Gasteiger partial charge in [0.1, 0.15) is 6.61 Å². The Hall–Kier alpha value is -2.04. The van der Waals surface area contributed by atoms with Crippen molar-refractivity contribution in [2.75, 3.05) is 12.3 Å². The summed E-state index contributed by atoms with van der Waals surface area (Å²) in [4.78, 5) is 21.7. The van der Waals surface area contributed by atoms with E-state index in [0.717, 1.165) is 0 Å². The van der Waals surface area contributed by atoms with Crippen LogP contribution in [0.2, 0.25) is 0 Å². The number of nitrogens with two attached hydrogens (primary N) is 2. The highest BCUT2D eigenvalue weighted by Crippen LogP contribution is 2.11. The minimum absolute atomic E-state index is 0.0148. The van der Waals surface area contributed by atoms with Gasteiger partial charge in [-0.05, 0) is 11.6 Å². The number of rotatable bonds is 5. The van der Waals surface area contributed by atoms with Crippen molar-refractivity contribution in [1.82, 2.24) is 0 Å². The van der Waals surface area contributed by atoms with Crippen molar-refractivity contribution in [3.63, 3.8) is 0 Å². The van der Waals surface area contributed by atoms with Gasteiger partial charge in [-0.2, -0.15) is 0 Å². The molecule has 5 nitrogen and oxygen atoms in total. The molecule has 0 heterocycles. The van der Waals surface area contributed by atoms with E-state index in [9.17, 15) is 9.59 Å². The SMILES string of the molecule is NC(=O)CCOC(=O)Cc1ccccc1N. The van der Waals surface area contributed by atoms with E-state index in [0.29, 0.717) is 11.3 Å². The molecule has 0 saturated carbocycles. The highest BCUT2D eigenvalue weighted by Gasteiger charge is 2.07. The van der Waals surface area contributed by atoms with Gasteiger partial charge in [0.15, 0.2) is 0 Å². The fraction of sp³-hybridized carbons (Fsp3) is 0.273. The van der Waals surface area contributed by atoms with E-state index in [1.165, 1.54) is 0 Å². The van der Waals surface area contributed by atoms with E-state index in [2.05, 4.69) is 0 Å². The van der Waals surface area contributed by atoms with E-state index in [4.69, 9.17) is 16.2 Å². The third kappa shape index (κ3) is 4.00. The molecule has 0 bridgehead atoms. The Kier molecular flexibility index (Phi) is 4.32. The van der Waals surface area contributed by atoms with Gasteiger partial charge in [-0.3, -0.25) is 9.59 Å². The number of nitrogen functional groups attached to an aromatic ring is 1. The molecular weight excluding hydrogens is 208 g/mol.